The smallest absolute Gasteiger partial charge is 0.300 e. The lowest BCUT2D eigenvalue weighted by Gasteiger charge is -2.18. The predicted molar refractivity (Wildman–Crippen MR) is 54.9 cm³/mol. The van der Waals surface area contributed by atoms with Crippen molar-refractivity contribution in [1.82, 2.24) is 9.80 Å². The minimum Gasteiger partial charge on any atom is -0.300 e. The maximum atomic E-state index is 11.8. The normalized spacial score (nSPS) is 31.2. The summed E-state index contributed by atoms with van der Waals surface area (Å²) in [4.78, 5) is 26.4. The van der Waals surface area contributed by atoms with Gasteiger partial charge < -0.3 is 0 Å². The topological polar surface area (TPSA) is 40.6 Å². The van der Waals surface area contributed by atoms with E-state index in [1.54, 1.807) is 22.7 Å². The molecule has 0 aromatic heterocycles. The first-order valence-electron chi connectivity index (χ1n) is 4.53. The van der Waals surface area contributed by atoms with Crippen LogP contribution in [0.4, 0.5) is 4.79 Å². The molecule has 3 amide bonds. The molecule has 0 N–H and O–H groups in total. The van der Waals surface area contributed by atoms with Crippen LogP contribution >= 0.6 is 11.8 Å². The SMILES string of the molecule is C=CCN1C(=O)[C@@H]2CSC(C)N2C1=O. The lowest BCUT2D eigenvalue weighted by molar-refractivity contribution is -0.127. The third kappa shape index (κ3) is 1.15. The Morgan fingerprint density at radius 1 is 1.64 bits per heavy atom. The molecule has 0 saturated carbocycles. The number of rotatable bonds is 2. The second-order valence-electron chi connectivity index (χ2n) is 3.38. The molecule has 76 valence electrons. The van der Waals surface area contributed by atoms with E-state index in [4.69, 9.17) is 0 Å². The lowest BCUT2D eigenvalue weighted by atomic mass is 10.3. The average molecular weight is 212 g/mol. The van der Waals surface area contributed by atoms with Crippen LogP contribution in [0.25, 0.3) is 0 Å². The molecule has 0 bridgehead atoms. The summed E-state index contributed by atoms with van der Waals surface area (Å²) in [6, 6.07) is -0.403. The van der Waals surface area contributed by atoms with E-state index in [1.165, 1.54) is 4.90 Å². The highest BCUT2D eigenvalue weighted by Gasteiger charge is 2.50. The number of hydrogen-bond acceptors (Lipinski definition) is 3. The van der Waals surface area contributed by atoms with Gasteiger partial charge in [-0.1, -0.05) is 6.08 Å². The Bertz CT molecular complexity index is 305. The summed E-state index contributed by atoms with van der Waals surface area (Å²) in [6.07, 6.45) is 1.58. The molecule has 2 rings (SSSR count). The lowest BCUT2D eigenvalue weighted by Crippen LogP contribution is -2.35. The summed E-state index contributed by atoms with van der Waals surface area (Å²) in [5.41, 5.74) is 0. The third-order valence-electron chi connectivity index (χ3n) is 2.54. The molecule has 4 nitrogen and oxygen atoms in total. The molecule has 2 atom stereocenters. The van der Waals surface area contributed by atoms with Crippen LogP contribution in [0.1, 0.15) is 6.92 Å². The van der Waals surface area contributed by atoms with Gasteiger partial charge in [0.15, 0.2) is 0 Å². The van der Waals surface area contributed by atoms with Gasteiger partial charge in [-0.2, -0.15) is 0 Å². The molecule has 0 spiro atoms. The number of imide groups is 1. The number of carbonyl (C=O) groups is 2. The fourth-order valence-electron chi connectivity index (χ4n) is 1.83. The van der Waals surface area contributed by atoms with Gasteiger partial charge >= 0.3 is 6.03 Å². The van der Waals surface area contributed by atoms with Crippen molar-refractivity contribution in [3.63, 3.8) is 0 Å². The van der Waals surface area contributed by atoms with E-state index >= 15 is 0 Å². The third-order valence-corrected chi connectivity index (χ3v) is 3.76. The number of nitrogens with zero attached hydrogens (tertiary/aromatic N) is 2. The zero-order chi connectivity index (χ0) is 10.3. The fraction of sp³-hybridized carbons (Fsp3) is 0.556. The molecule has 5 heteroatoms. The zero-order valence-electron chi connectivity index (χ0n) is 7.97. The summed E-state index contributed by atoms with van der Waals surface area (Å²) < 4.78 is 0. The average Bonchev–Trinajstić information content (AvgIpc) is 2.63. The number of thioether (sulfide) groups is 1. The van der Waals surface area contributed by atoms with Gasteiger partial charge in [0.2, 0.25) is 0 Å². The van der Waals surface area contributed by atoms with Crippen LogP contribution in [-0.4, -0.2) is 45.5 Å². The molecular weight excluding hydrogens is 200 g/mol. The van der Waals surface area contributed by atoms with Crippen LogP contribution in [0.3, 0.4) is 0 Å². The second kappa shape index (κ2) is 3.31. The number of fused-ring (bicyclic) bond motifs is 1. The highest BCUT2D eigenvalue weighted by atomic mass is 32.2. The molecule has 1 unspecified atom stereocenters. The van der Waals surface area contributed by atoms with Crippen molar-refractivity contribution >= 4 is 23.7 Å². The Morgan fingerprint density at radius 3 is 2.93 bits per heavy atom. The van der Waals surface area contributed by atoms with Crippen LogP contribution in [0.15, 0.2) is 12.7 Å². The molecule has 14 heavy (non-hydrogen) atoms. The summed E-state index contributed by atoms with van der Waals surface area (Å²) >= 11 is 1.65. The number of carbonyl (C=O) groups excluding carboxylic acids is 2. The van der Waals surface area contributed by atoms with Crippen molar-refractivity contribution in [2.75, 3.05) is 12.3 Å². The standard InChI is InChI=1S/C9H12N2O2S/c1-3-4-10-8(12)7-5-14-6(2)11(7)9(10)13/h3,6-7H,1,4-5H2,2H3/t6?,7-/m0/s1. The first-order valence-corrected chi connectivity index (χ1v) is 5.58. The van der Waals surface area contributed by atoms with Crippen molar-refractivity contribution < 1.29 is 9.59 Å². The summed E-state index contributed by atoms with van der Waals surface area (Å²) in [6.45, 7) is 5.81. The van der Waals surface area contributed by atoms with Crippen LogP contribution in [0.5, 0.6) is 0 Å². The maximum absolute atomic E-state index is 11.8. The quantitative estimate of drug-likeness (QED) is 0.504. The van der Waals surface area contributed by atoms with Gasteiger partial charge in [-0.15, -0.1) is 18.3 Å². The first kappa shape index (κ1) is 9.58. The Morgan fingerprint density at radius 2 is 2.36 bits per heavy atom. The van der Waals surface area contributed by atoms with Gasteiger partial charge in [0.05, 0.1) is 5.37 Å². The number of hydrogen-bond donors (Lipinski definition) is 0. The van der Waals surface area contributed by atoms with Crippen LogP contribution in [0.2, 0.25) is 0 Å². The van der Waals surface area contributed by atoms with E-state index in [1.807, 2.05) is 6.92 Å². The van der Waals surface area contributed by atoms with E-state index < -0.39 is 0 Å². The summed E-state index contributed by atoms with van der Waals surface area (Å²) in [7, 11) is 0. The Balaban J connectivity index is 2.24. The van der Waals surface area contributed by atoms with E-state index in [2.05, 4.69) is 6.58 Å². The first-order chi connectivity index (χ1) is 6.66. The van der Waals surface area contributed by atoms with Gasteiger partial charge in [-0.05, 0) is 6.92 Å². The van der Waals surface area contributed by atoms with Gasteiger partial charge in [0, 0.05) is 12.3 Å². The summed E-state index contributed by atoms with van der Waals surface area (Å²) in [5, 5.41) is 0.117. The van der Waals surface area contributed by atoms with Crippen molar-refractivity contribution in [1.29, 1.82) is 0 Å². The van der Waals surface area contributed by atoms with Gasteiger partial charge in [0.25, 0.3) is 5.91 Å². The van der Waals surface area contributed by atoms with Gasteiger partial charge in [-0.25, -0.2) is 4.79 Å². The second-order valence-corrected chi connectivity index (χ2v) is 4.72. The van der Waals surface area contributed by atoms with E-state index in [0.717, 1.165) is 5.75 Å². The minimum atomic E-state index is -0.234. The molecule has 0 aromatic rings. The fourth-order valence-corrected chi connectivity index (χ4v) is 3.00. The monoisotopic (exact) mass is 212 g/mol. The molecule has 0 radical (unpaired) electrons. The zero-order valence-corrected chi connectivity index (χ0v) is 8.79. The van der Waals surface area contributed by atoms with E-state index in [9.17, 15) is 9.59 Å². The van der Waals surface area contributed by atoms with Crippen molar-refractivity contribution in [2.24, 2.45) is 0 Å². The molecule has 0 aromatic carbocycles. The Labute approximate surface area is 86.9 Å². The minimum absolute atomic E-state index is 0.0771. The predicted octanol–water partition coefficient (Wildman–Crippen LogP) is 0.898. The van der Waals surface area contributed by atoms with E-state index in [-0.39, 0.29) is 23.4 Å². The number of urea groups is 1. The van der Waals surface area contributed by atoms with Crippen molar-refractivity contribution in [3.8, 4) is 0 Å². The highest BCUT2D eigenvalue weighted by Crippen LogP contribution is 2.34. The van der Waals surface area contributed by atoms with Crippen LogP contribution < -0.4 is 0 Å². The van der Waals surface area contributed by atoms with E-state index in [0.29, 0.717) is 6.54 Å². The largest absolute Gasteiger partial charge is 0.328 e. The van der Waals surface area contributed by atoms with Crippen molar-refractivity contribution in [2.45, 2.75) is 18.3 Å². The summed E-state index contributed by atoms with van der Waals surface area (Å²) in [5.74, 6) is 0.645. The molecule has 2 aliphatic rings. The molecule has 2 aliphatic heterocycles. The Kier molecular flexibility index (Phi) is 2.26. The van der Waals surface area contributed by atoms with Crippen LogP contribution in [-0.2, 0) is 4.79 Å². The molecular formula is C9H12N2O2S. The van der Waals surface area contributed by atoms with Crippen LogP contribution in [0, 0.1) is 0 Å². The van der Waals surface area contributed by atoms with Crippen molar-refractivity contribution in [3.05, 3.63) is 12.7 Å². The van der Waals surface area contributed by atoms with Gasteiger partial charge in [-0.3, -0.25) is 14.6 Å². The maximum Gasteiger partial charge on any atom is 0.328 e. The molecule has 0 aliphatic carbocycles. The molecule has 2 saturated heterocycles. The molecule has 2 heterocycles. The van der Waals surface area contributed by atoms with Gasteiger partial charge in [0.1, 0.15) is 6.04 Å². The Hall–Kier alpha value is -0.970. The highest BCUT2D eigenvalue weighted by molar-refractivity contribution is 8.00. The number of amides is 3. The molecule has 2 fully saturated rings.